The Morgan fingerprint density at radius 3 is 2.48 bits per heavy atom. The number of hydrogen-bond donors (Lipinski definition) is 1. The van der Waals surface area contributed by atoms with Gasteiger partial charge in [0.1, 0.15) is 0 Å². The minimum atomic E-state index is -4.56. The van der Waals surface area contributed by atoms with E-state index in [9.17, 15) is 18.0 Å². The lowest BCUT2D eigenvalue weighted by atomic mass is 10.0. The average molecular weight is 453 g/mol. The number of carbonyl (C=O) groups is 1. The van der Waals surface area contributed by atoms with Crippen LogP contribution in [0.1, 0.15) is 23.7 Å². The summed E-state index contributed by atoms with van der Waals surface area (Å²) in [5.41, 5.74) is 3.58. The van der Waals surface area contributed by atoms with Gasteiger partial charge in [0.05, 0.1) is 6.61 Å². The molecule has 0 aliphatic heterocycles. The molecule has 0 radical (unpaired) electrons. The molecule has 4 rings (SSSR count). The maximum Gasteiger partial charge on any atom is 0.422 e. The third-order valence-corrected chi connectivity index (χ3v) is 5.07. The Balaban J connectivity index is 1.58. The zero-order chi connectivity index (χ0) is 23.4. The Morgan fingerprint density at radius 1 is 0.939 bits per heavy atom. The van der Waals surface area contributed by atoms with Crippen molar-refractivity contribution in [2.45, 2.75) is 19.5 Å². The molecular formula is C26H22F3NO3. The maximum atomic E-state index is 12.6. The number of benzene rings is 3. The molecule has 0 aliphatic carbocycles. The summed E-state index contributed by atoms with van der Waals surface area (Å²) < 4.78 is 47.2. The van der Waals surface area contributed by atoms with E-state index in [1.54, 1.807) is 19.1 Å². The molecule has 0 saturated heterocycles. The van der Waals surface area contributed by atoms with Crippen LogP contribution in [0.3, 0.4) is 0 Å². The summed E-state index contributed by atoms with van der Waals surface area (Å²) in [4.78, 5) is 15.4. The summed E-state index contributed by atoms with van der Waals surface area (Å²) in [6, 6.07) is 21.8. The number of esters is 1. The fourth-order valence-corrected chi connectivity index (χ4v) is 3.64. The fourth-order valence-electron chi connectivity index (χ4n) is 3.64. The van der Waals surface area contributed by atoms with Crippen molar-refractivity contribution in [2.24, 2.45) is 0 Å². The Kier molecular flexibility index (Phi) is 6.40. The van der Waals surface area contributed by atoms with Gasteiger partial charge in [-0.3, -0.25) is 0 Å². The highest BCUT2D eigenvalue weighted by Gasteiger charge is 2.30. The van der Waals surface area contributed by atoms with Crippen molar-refractivity contribution in [1.29, 1.82) is 0 Å². The molecule has 3 aromatic carbocycles. The van der Waals surface area contributed by atoms with E-state index in [2.05, 4.69) is 35.3 Å². The Morgan fingerprint density at radius 2 is 1.73 bits per heavy atom. The van der Waals surface area contributed by atoms with E-state index in [1.165, 1.54) is 16.8 Å². The molecule has 0 unspecified atom stereocenters. The summed E-state index contributed by atoms with van der Waals surface area (Å²) in [5.74, 6) is -1.42. The summed E-state index contributed by atoms with van der Waals surface area (Å²) in [6.45, 7) is 0.0304. The topological polar surface area (TPSA) is 51.3 Å². The van der Waals surface area contributed by atoms with E-state index in [0.717, 1.165) is 22.2 Å². The second-order valence-electron chi connectivity index (χ2n) is 7.63. The number of aromatic nitrogens is 1. The maximum absolute atomic E-state index is 12.6. The SMILES string of the molecule is CCOC(=O)/C(=C/c1ccc2[nH]c(Cc3ccc4ccccc4c3)cc2c1)OCC(F)(F)F. The number of carbonyl (C=O) groups excluding carboxylic acids is 1. The number of alkyl halides is 3. The predicted molar refractivity (Wildman–Crippen MR) is 122 cm³/mol. The van der Waals surface area contributed by atoms with Gasteiger partial charge in [0.25, 0.3) is 0 Å². The number of H-pyrrole nitrogens is 1. The Labute approximate surface area is 188 Å². The van der Waals surface area contributed by atoms with E-state index < -0.39 is 24.5 Å². The molecule has 0 aliphatic rings. The van der Waals surface area contributed by atoms with Gasteiger partial charge in [-0.25, -0.2) is 4.79 Å². The standard InChI is InChI=1S/C26H22F3NO3/c1-2-32-25(31)24(33-16-26(27,28)29)14-18-8-10-23-21(12-18)15-22(30-23)13-17-7-9-19-5-3-4-6-20(19)11-17/h3-12,14-15,30H,2,13,16H2,1H3/b24-14-. The van der Waals surface area contributed by atoms with Gasteiger partial charge in [0.2, 0.25) is 5.76 Å². The van der Waals surface area contributed by atoms with Crippen LogP contribution in [0.2, 0.25) is 0 Å². The van der Waals surface area contributed by atoms with Gasteiger partial charge in [-0.05, 0) is 53.1 Å². The van der Waals surface area contributed by atoms with Crippen molar-refractivity contribution < 1.29 is 27.4 Å². The molecule has 4 aromatic rings. The second-order valence-corrected chi connectivity index (χ2v) is 7.63. The highest BCUT2D eigenvalue weighted by molar-refractivity contribution is 5.92. The second kappa shape index (κ2) is 9.40. The van der Waals surface area contributed by atoms with Crippen LogP contribution in [0.5, 0.6) is 0 Å². The first kappa shape index (κ1) is 22.5. The lowest BCUT2D eigenvalue weighted by molar-refractivity contribution is -0.170. The number of aromatic amines is 1. The molecule has 33 heavy (non-hydrogen) atoms. The number of rotatable bonds is 7. The minimum absolute atomic E-state index is 0.0283. The first-order valence-corrected chi connectivity index (χ1v) is 10.5. The summed E-state index contributed by atoms with van der Waals surface area (Å²) in [6.07, 6.45) is -2.60. The van der Waals surface area contributed by atoms with Crippen LogP contribution < -0.4 is 0 Å². The van der Waals surface area contributed by atoms with Gasteiger partial charge in [-0.15, -0.1) is 0 Å². The van der Waals surface area contributed by atoms with Crippen LogP contribution >= 0.6 is 0 Å². The molecule has 170 valence electrons. The zero-order valence-corrected chi connectivity index (χ0v) is 17.9. The lowest BCUT2D eigenvalue weighted by Gasteiger charge is -2.11. The van der Waals surface area contributed by atoms with Gasteiger partial charge < -0.3 is 14.5 Å². The van der Waals surface area contributed by atoms with Crippen molar-refractivity contribution in [2.75, 3.05) is 13.2 Å². The minimum Gasteiger partial charge on any atom is -0.477 e. The quantitative estimate of drug-likeness (QED) is 0.200. The van der Waals surface area contributed by atoms with Crippen LogP contribution in [-0.2, 0) is 20.7 Å². The van der Waals surface area contributed by atoms with Gasteiger partial charge in [-0.1, -0.05) is 48.5 Å². The normalized spacial score (nSPS) is 12.3. The molecule has 4 nitrogen and oxygen atoms in total. The molecular weight excluding hydrogens is 431 g/mol. The fraction of sp³-hybridized carbons (Fsp3) is 0.192. The summed E-state index contributed by atoms with van der Waals surface area (Å²) in [5, 5.41) is 3.22. The van der Waals surface area contributed by atoms with Gasteiger partial charge in [-0.2, -0.15) is 13.2 Å². The summed E-state index contributed by atoms with van der Waals surface area (Å²) >= 11 is 0. The Bertz CT molecular complexity index is 1320. The van der Waals surface area contributed by atoms with Gasteiger partial charge in [0, 0.05) is 23.0 Å². The number of ether oxygens (including phenoxy) is 2. The van der Waals surface area contributed by atoms with Crippen LogP contribution in [0.4, 0.5) is 13.2 Å². The molecule has 1 heterocycles. The summed E-state index contributed by atoms with van der Waals surface area (Å²) in [7, 11) is 0. The third-order valence-electron chi connectivity index (χ3n) is 5.07. The molecule has 0 amide bonds. The third kappa shape index (κ3) is 5.74. The molecule has 1 N–H and O–H groups in total. The van der Waals surface area contributed by atoms with Crippen LogP contribution in [0, 0.1) is 0 Å². The first-order valence-electron chi connectivity index (χ1n) is 10.5. The van der Waals surface area contributed by atoms with Crippen molar-refractivity contribution in [3.63, 3.8) is 0 Å². The van der Waals surface area contributed by atoms with Crippen molar-refractivity contribution in [1.82, 2.24) is 4.98 Å². The van der Waals surface area contributed by atoms with Crippen LogP contribution in [0.25, 0.3) is 27.8 Å². The van der Waals surface area contributed by atoms with Crippen molar-refractivity contribution in [3.05, 3.63) is 89.3 Å². The van der Waals surface area contributed by atoms with Gasteiger partial charge >= 0.3 is 12.1 Å². The smallest absolute Gasteiger partial charge is 0.422 e. The molecule has 1 aromatic heterocycles. The van der Waals surface area contributed by atoms with Gasteiger partial charge in [0.15, 0.2) is 6.61 Å². The Hall–Kier alpha value is -3.74. The molecule has 0 atom stereocenters. The molecule has 0 saturated carbocycles. The first-order chi connectivity index (χ1) is 15.8. The monoisotopic (exact) mass is 453 g/mol. The van der Waals surface area contributed by atoms with Crippen LogP contribution in [0.15, 0.2) is 72.5 Å². The van der Waals surface area contributed by atoms with Crippen molar-refractivity contribution in [3.8, 4) is 0 Å². The van der Waals surface area contributed by atoms with E-state index in [4.69, 9.17) is 9.47 Å². The average Bonchev–Trinajstić information content (AvgIpc) is 3.17. The molecule has 7 heteroatoms. The van der Waals surface area contributed by atoms with E-state index in [1.807, 2.05) is 24.3 Å². The highest BCUT2D eigenvalue weighted by atomic mass is 19.4. The molecule has 0 bridgehead atoms. The van der Waals surface area contributed by atoms with E-state index in [0.29, 0.717) is 12.0 Å². The van der Waals surface area contributed by atoms with Crippen molar-refractivity contribution >= 4 is 33.7 Å². The zero-order valence-electron chi connectivity index (χ0n) is 17.9. The largest absolute Gasteiger partial charge is 0.477 e. The predicted octanol–water partition coefficient (Wildman–Crippen LogP) is 6.39. The lowest BCUT2D eigenvalue weighted by Crippen LogP contribution is -2.20. The number of fused-ring (bicyclic) bond motifs is 2. The number of nitrogens with one attached hydrogen (secondary N) is 1. The van der Waals surface area contributed by atoms with Crippen LogP contribution in [-0.4, -0.2) is 30.3 Å². The van der Waals surface area contributed by atoms with E-state index in [-0.39, 0.29) is 6.61 Å². The molecule has 0 fully saturated rings. The molecule has 0 spiro atoms. The van der Waals surface area contributed by atoms with E-state index >= 15 is 0 Å². The number of hydrogen-bond acceptors (Lipinski definition) is 3. The number of halogens is 3. The highest BCUT2D eigenvalue weighted by Crippen LogP contribution is 2.24.